The number of hydrogen-bond donors (Lipinski definition) is 0. The van der Waals surface area contributed by atoms with E-state index in [1.807, 2.05) is 18.7 Å². The zero-order chi connectivity index (χ0) is 11.0. The van der Waals surface area contributed by atoms with Crippen molar-refractivity contribution in [2.75, 3.05) is 5.75 Å². The van der Waals surface area contributed by atoms with Gasteiger partial charge in [0.2, 0.25) is 0 Å². The van der Waals surface area contributed by atoms with Crippen molar-refractivity contribution in [3.8, 4) is 6.07 Å². The highest BCUT2D eigenvalue weighted by Gasteiger charge is 2.26. The fourth-order valence-electron chi connectivity index (χ4n) is 1.09. The van der Waals surface area contributed by atoms with E-state index < -0.39 is 6.04 Å². The Kier molecular flexibility index (Phi) is 7.34. The summed E-state index contributed by atoms with van der Waals surface area (Å²) in [6.07, 6.45) is 2.43. The Balaban J connectivity index is 3.93. The predicted molar refractivity (Wildman–Crippen MR) is 62.0 cm³/mol. The second kappa shape index (κ2) is 7.71. The van der Waals surface area contributed by atoms with Crippen LogP contribution >= 0.6 is 11.8 Å². The molecule has 14 heavy (non-hydrogen) atoms. The maximum absolute atomic E-state index is 8.74. The lowest BCUT2D eigenvalue weighted by Crippen LogP contribution is -2.21. The minimum absolute atomic E-state index is 0.166. The molecule has 0 radical (unpaired) electrons. The smallest absolute Gasteiger partial charge is 0.297 e. The van der Waals surface area contributed by atoms with Crippen LogP contribution in [0.1, 0.15) is 33.6 Å². The van der Waals surface area contributed by atoms with Crippen molar-refractivity contribution in [1.82, 2.24) is 0 Å². The molecule has 3 heteroatoms. The third-order valence-corrected chi connectivity index (χ3v) is 3.87. The largest absolute Gasteiger partial charge is 0.310 e. The Morgan fingerprint density at radius 2 is 2.14 bits per heavy atom. The van der Waals surface area contributed by atoms with Crippen molar-refractivity contribution in [2.45, 2.75) is 44.9 Å². The van der Waals surface area contributed by atoms with Gasteiger partial charge in [0.15, 0.2) is 6.07 Å². The molecule has 0 saturated heterocycles. The summed E-state index contributed by atoms with van der Waals surface area (Å²) in [5.74, 6) is 1.30. The van der Waals surface area contributed by atoms with Crippen LogP contribution < -0.4 is 0 Å². The van der Waals surface area contributed by atoms with Crippen LogP contribution in [0, 0.1) is 23.8 Å². The topological polar surface area (TPSA) is 28.1 Å². The fraction of sp³-hybridized carbons (Fsp3) is 0.818. The van der Waals surface area contributed by atoms with Gasteiger partial charge in [0.1, 0.15) is 0 Å². The number of nitrogens with zero attached hydrogens (tertiary/aromatic N) is 2. The maximum atomic E-state index is 8.74. The minimum atomic E-state index is -0.473. The minimum Gasteiger partial charge on any atom is -0.297 e. The first-order valence-corrected chi connectivity index (χ1v) is 6.10. The van der Waals surface area contributed by atoms with Crippen LogP contribution in [0.2, 0.25) is 0 Å². The number of thioether (sulfide) groups is 1. The third-order valence-electron chi connectivity index (χ3n) is 2.39. The molecule has 2 nitrogen and oxygen atoms in total. The van der Waals surface area contributed by atoms with E-state index in [1.165, 1.54) is 12.8 Å². The molecular formula is C11H18N2S. The van der Waals surface area contributed by atoms with Crippen molar-refractivity contribution in [3.63, 3.8) is 0 Å². The molecule has 3 atom stereocenters. The SMILES string of the molecule is [C-]#[N+]C(C#N)[C@@H](C)[C@H](C)SCCCC. The van der Waals surface area contributed by atoms with Crippen molar-refractivity contribution in [3.05, 3.63) is 11.4 Å². The molecule has 78 valence electrons. The molecule has 1 unspecified atom stereocenters. The molecule has 0 aliphatic heterocycles. The summed E-state index contributed by atoms with van der Waals surface area (Å²) >= 11 is 1.87. The highest BCUT2D eigenvalue weighted by molar-refractivity contribution is 7.99. The molecule has 0 aromatic carbocycles. The Morgan fingerprint density at radius 1 is 1.50 bits per heavy atom. The predicted octanol–water partition coefficient (Wildman–Crippen LogP) is 3.36. The van der Waals surface area contributed by atoms with E-state index in [2.05, 4.69) is 24.8 Å². The quantitative estimate of drug-likeness (QED) is 0.497. The highest BCUT2D eigenvalue weighted by atomic mass is 32.2. The van der Waals surface area contributed by atoms with Crippen molar-refractivity contribution < 1.29 is 0 Å². The molecule has 0 rings (SSSR count). The summed E-state index contributed by atoms with van der Waals surface area (Å²) in [5.41, 5.74) is 0. The summed E-state index contributed by atoms with van der Waals surface area (Å²) in [6, 6.07) is 1.58. The van der Waals surface area contributed by atoms with Crippen LogP contribution in [0.15, 0.2) is 0 Å². The summed E-state index contributed by atoms with van der Waals surface area (Å²) in [6.45, 7) is 13.2. The normalized spacial score (nSPS) is 16.4. The van der Waals surface area contributed by atoms with Crippen LogP contribution in [0.4, 0.5) is 0 Å². The van der Waals surface area contributed by atoms with Crippen LogP contribution in [-0.2, 0) is 0 Å². The van der Waals surface area contributed by atoms with Gasteiger partial charge >= 0.3 is 6.04 Å². The average Bonchev–Trinajstić information content (AvgIpc) is 2.19. The Hall–Kier alpha value is -0.670. The van der Waals surface area contributed by atoms with E-state index in [4.69, 9.17) is 11.8 Å². The van der Waals surface area contributed by atoms with E-state index in [0.29, 0.717) is 5.25 Å². The molecule has 0 saturated carbocycles. The fourth-order valence-corrected chi connectivity index (χ4v) is 2.37. The van der Waals surface area contributed by atoms with E-state index in [-0.39, 0.29) is 5.92 Å². The summed E-state index contributed by atoms with van der Waals surface area (Å²) in [7, 11) is 0. The molecule has 0 bridgehead atoms. The van der Waals surface area contributed by atoms with Gasteiger partial charge in [-0.1, -0.05) is 27.2 Å². The zero-order valence-corrected chi connectivity index (χ0v) is 9.97. The zero-order valence-electron chi connectivity index (χ0n) is 9.16. The van der Waals surface area contributed by atoms with E-state index >= 15 is 0 Å². The van der Waals surface area contributed by atoms with E-state index in [9.17, 15) is 0 Å². The van der Waals surface area contributed by atoms with Gasteiger partial charge in [-0.3, -0.25) is 4.85 Å². The second-order valence-electron chi connectivity index (χ2n) is 3.49. The van der Waals surface area contributed by atoms with E-state index in [0.717, 1.165) is 5.75 Å². The van der Waals surface area contributed by atoms with Gasteiger partial charge in [-0.2, -0.15) is 17.0 Å². The molecule has 0 aliphatic rings. The first-order chi connectivity index (χ1) is 6.67. The van der Waals surface area contributed by atoms with Gasteiger partial charge in [-0.25, -0.2) is 6.57 Å². The number of unbranched alkanes of at least 4 members (excludes halogenated alkanes) is 1. The lowest BCUT2D eigenvalue weighted by Gasteiger charge is -2.16. The van der Waals surface area contributed by atoms with Gasteiger partial charge < -0.3 is 0 Å². The molecule has 0 aromatic heterocycles. The summed E-state index contributed by atoms with van der Waals surface area (Å²) in [5, 5.41) is 9.15. The molecule has 0 spiro atoms. The van der Waals surface area contributed by atoms with Crippen molar-refractivity contribution >= 4 is 11.8 Å². The molecule has 0 amide bonds. The second-order valence-corrected chi connectivity index (χ2v) is 4.98. The van der Waals surface area contributed by atoms with Crippen LogP contribution in [0.25, 0.3) is 4.85 Å². The maximum Gasteiger partial charge on any atom is 0.310 e. The number of hydrogen-bond acceptors (Lipinski definition) is 2. The Morgan fingerprint density at radius 3 is 2.57 bits per heavy atom. The van der Waals surface area contributed by atoms with Gasteiger partial charge in [-0.15, -0.1) is 0 Å². The molecule has 0 heterocycles. The van der Waals surface area contributed by atoms with Gasteiger partial charge in [0.05, 0.1) is 5.92 Å². The van der Waals surface area contributed by atoms with Crippen LogP contribution in [-0.4, -0.2) is 17.0 Å². The molecule has 0 N–H and O–H groups in total. The molecular weight excluding hydrogens is 192 g/mol. The van der Waals surface area contributed by atoms with Crippen molar-refractivity contribution in [2.24, 2.45) is 5.92 Å². The van der Waals surface area contributed by atoms with Crippen LogP contribution in [0.5, 0.6) is 0 Å². The summed E-state index contributed by atoms with van der Waals surface area (Å²) in [4.78, 5) is 3.33. The first kappa shape index (κ1) is 13.3. The number of rotatable bonds is 6. The third kappa shape index (κ3) is 4.53. The Labute approximate surface area is 91.5 Å². The molecule has 0 aliphatic carbocycles. The molecule has 0 aromatic rings. The van der Waals surface area contributed by atoms with Gasteiger partial charge in [0.25, 0.3) is 0 Å². The Bertz CT molecular complexity index is 212. The van der Waals surface area contributed by atoms with Gasteiger partial charge in [-0.05, 0) is 12.2 Å². The summed E-state index contributed by atoms with van der Waals surface area (Å²) < 4.78 is 0. The van der Waals surface area contributed by atoms with Gasteiger partial charge in [0, 0.05) is 5.25 Å². The number of nitriles is 1. The monoisotopic (exact) mass is 210 g/mol. The van der Waals surface area contributed by atoms with E-state index in [1.54, 1.807) is 0 Å². The lowest BCUT2D eigenvalue weighted by atomic mass is 10.0. The standard InChI is InChI=1S/C11H18N2S/c1-5-6-7-14-10(3)9(2)11(8-12)13-4/h9-11H,5-7H2,1-3H3/t9-,10-,11?/m0/s1. The van der Waals surface area contributed by atoms with Crippen molar-refractivity contribution in [1.29, 1.82) is 5.26 Å². The first-order valence-electron chi connectivity index (χ1n) is 5.05. The average molecular weight is 210 g/mol. The highest BCUT2D eigenvalue weighted by Crippen LogP contribution is 2.24. The lowest BCUT2D eigenvalue weighted by molar-refractivity contribution is 0.565. The molecule has 0 fully saturated rings. The van der Waals surface area contributed by atoms with Crippen LogP contribution in [0.3, 0.4) is 0 Å².